The normalized spacial score (nSPS) is 20.2. The van der Waals surface area contributed by atoms with E-state index in [1.807, 2.05) is 42.6 Å². The Hall–Kier alpha value is -2.47. The summed E-state index contributed by atoms with van der Waals surface area (Å²) in [4.78, 5) is 4.19. The van der Waals surface area contributed by atoms with Crippen molar-refractivity contribution in [2.75, 3.05) is 5.32 Å². The van der Waals surface area contributed by atoms with E-state index in [0.29, 0.717) is 5.95 Å². The Bertz CT molecular complexity index is 787. The average molecular weight is 313 g/mol. The third kappa shape index (κ3) is 2.21. The Labute approximate surface area is 132 Å². The molecule has 2 aromatic heterocycles. The SMILES string of the molecule is Clc1ccccc1[C@@H]1C[C@@H](c2cccnc2)Nc2nnnn21. The number of benzene rings is 1. The quantitative estimate of drug-likeness (QED) is 0.788. The predicted octanol–water partition coefficient (Wildman–Crippen LogP) is 2.87. The van der Waals surface area contributed by atoms with Crippen molar-refractivity contribution >= 4 is 17.5 Å². The maximum Gasteiger partial charge on any atom is 0.243 e. The number of rotatable bonds is 2. The van der Waals surface area contributed by atoms with Crippen molar-refractivity contribution < 1.29 is 0 Å². The van der Waals surface area contributed by atoms with Crippen molar-refractivity contribution in [1.29, 1.82) is 0 Å². The number of anilines is 1. The molecule has 1 aromatic carbocycles. The molecule has 0 saturated carbocycles. The number of nitrogens with zero attached hydrogens (tertiary/aromatic N) is 5. The molecule has 0 radical (unpaired) electrons. The number of tetrazole rings is 1. The van der Waals surface area contributed by atoms with Crippen LogP contribution in [0.5, 0.6) is 0 Å². The molecule has 0 saturated heterocycles. The molecular formula is C15H13ClN6. The predicted molar refractivity (Wildman–Crippen MR) is 82.6 cm³/mol. The second-order valence-corrected chi connectivity index (χ2v) is 5.61. The number of pyridine rings is 1. The van der Waals surface area contributed by atoms with Crippen molar-refractivity contribution in [1.82, 2.24) is 25.2 Å². The molecule has 3 aromatic rings. The van der Waals surface area contributed by atoms with Crippen LogP contribution in [0.2, 0.25) is 5.02 Å². The third-order valence-corrected chi connectivity index (χ3v) is 4.25. The van der Waals surface area contributed by atoms with Crippen LogP contribution in [0.25, 0.3) is 0 Å². The molecule has 7 heteroatoms. The number of hydrogen-bond acceptors (Lipinski definition) is 5. The van der Waals surface area contributed by atoms with E-state index < -0.39 is 0 Å². The van der Waals surface area contributed by atoms with E-state index in [1.165, 1.54) is 0 Å². The van der Waals surface area contributed by atoms with Crippen LogP contribution in [-0.2, 0) is 0 Å². The van der Waals surface area contributed by atoms with Gasteiger partial charge in [0, 0.05) is 17.4 Å². The molecule has 22 heavy (non-hydrogen) atoms. The van der Waals surface area contributed by atoms with Gasteiger partial charge in [-0.1, -0.05) is 41.0 Å². The summed E-state index contributed by atoms with van der Waals surface area (Å²) >= 11 is 6.37. The Kier molecular flexibility index (Phi) is 3.23. The minimum Gasteiger partial charge on any atom is -0.346 e. The van der Waals surface area contributed by atoms with Gasteiger partial charge in [-0.3, -0.25) is 4.98 Å². The van der Waals surface area contributed by atoms with E-state index in [0.717, 1.165) is 22.6 Å². The summed E-state index contributed by atoms with van der Waals surface area (Å²) in [6.45, 7) is 0. The average Bonchev–Trinajstić information content (AvgIpc) is 3.04. The lowest BCUT2D eigenvalue weighted by Gasteiger charge is -2.31. The van der Waals surface area contributed by atoms with Crippen molar-refractivity contribution in [3.05, 3.63) is 64.9 Å². The smallest absolute Gasteiger partial charge is 0.243 e. The monoisotopic (exact) mass is 312 g/mol. The molecule has 0 amide bonds. The first-order chi connectivity index (χ1) is 10.8. The van der Waals surface area contributed by atoms with Gasteiger partial charge in [-0.25, -0.2) is 4.68 Å². The minimum absolute atomic E-state index is 0.00911. The molecule has 2 atom stereocenters. The topological polar surface area (TPSA) is 68.5 Å². The molecule has 1 N–H and O–H groups in total. The molecule has 0 bridgehead atoms. The highest BCUT2D eigenvalue weighted by Gasteiger charge is 2.31. The molecule has 1 aliphatic heterocycles. The van der Waals surface area contributed by atoms with E-state index in [4.69, 9.17) is 11.6 Å². The highest BCUT2D eigenvalue weighted by molar-refractivity contribution is 6.31. The van der Waals surface area contributed by atoms with E-state index >= 15 is 0 Å². The third-order valence-electron chi connectivity index (χ3n) is 3.90. The van der Waals surface area contributed by atoms with Gasteiger partial charge in [0.2, 0.25) is 5.95 Å². The Morgan fingerprint density at radius 1 is 1.18 bits per heavy atom. The van der Waals surface area contributed by atoms with Crippen LogP contribution in [0, 0.1) is 0 Å². The van der Waals surface area contributed by atoms with E-state index in [1.54, 1.807) is 10.9 Å². The first kappa shape index (κ1) is 13.2. The molecule has 4 rings (SSSR count). The van der Waals surface area contributed by atoms with Crippen molar-refractivity contribution in [2.24, 2.45) is 0 Å². The second kappa shape index (κ2) is 5.38. The fourth-order valence-electron chi connectivity index (χ4n) is 2.84. The van der Waals surface area contributed by atoms with Crippen molar-refractivity contribution in [2.45, 2.75) is 18.5 Å². The van der Waals surface area contributed by atoms with E-state index in [-0.39, 0.29) is 12.1 Å². The summed E-state index contributed by atoms with van der Waals surface area (Å²) in [6.07, 6.45) is 4.43. The number of halogens is 1. The molecule has 110 valence electrons. The highest BCUT2D eigenvalue weighted by atomic mass is 35.5. The number of fused-ring (bicyclic) bond motifs is 1. The lowest BCUT2D eigenvalue weighted by atomic mass is 9.94. The van der Waals surface area contributed by atoms with Gasteiger partial charge >= 0.3 is 0 Å². The molecule has 3 heterocycles. The first-order valence-corrected chi connectivity index (χ1v) is 7.39. The van der Waals surface area contributed by atoms with Gasteiger partial charge in [-0.15, -0.1) is 0 Å². The summed E-state index contributed by atoms with van der Waals surface area (Å²) in [5.74, 6) is 0.644. The molecule has 1 aliphatic rings. The van der Waals surface area contributed by atoms with Crippen LogP contribution in [0.4, 0.5) is 5.95 Å². The van der Waals surface area contributed by atoms with Gasteiger partial charge in [-0.2, -0.15) is 0 Å². The maximum atomic E-state index is 6.37. The number of hydrogen-bond donors (Lipinski definition) is 1. The fraction of sp³-hybridized carbons (Fsp3) is 0.200. The lowest BCUT2D eigenvalue weighted by Crippen LogP contribution is -2.28. The molecule has 0 unspecified atom stereocenters. The lowest BCUT2D eigenvalue weighted by molar-refractivity contribution is 0.423. The largest absolute Gasteiger partial charge is 0.346 e. The van der Waals surface area contributed by atoms with Crippen LogP contribution in [0.1, 0.15) is 29.6 Å². The standard InChI is InChI=1S/C15H13ClN6/c16-12-6-2-1-5-11(12)14-8-13(10-4-3-7-17-9-10)18-15-19-20-21-22(14)15/h1-7,9,13-14H,8H2,(H,18,19,21)/t13-,14-/m0/s1. The Morgan fingerprint density at radius 3 is 2.91 bits per heavy atom. The van der Waals surface area contributed by atoms with Gasteiger partial charge in [0.1, 0.15) is 0 Å². The van der Waals surface area contributed by atoms with Crippen LogP contribution in [-0.4, -0.2) is 25.2 Å². The van der Waals surface area contributed by atoms with Gasteiger partial charge in [0.15, 0.2) is 0 Å². The molecular weight excluding hydrogens is 300 g/mol. The highest BCUT2D eigenvalue weighted by Crippen LogP contribution is 2.38. The zero-order valence-electron chi connectivity index (χ0n) is 11.6. The van der Waals surface area contributed by atoms with Gasteiger partial charge in [-0.05, 0) is 40.1 Å². The first-order valence-electron chi connectivity index (χ1n) is 7.01. The number of nitrogens with one attached hydrogen (secondary N) is 1. The number of aromatic nitrogens is 5. The molecule has 0 spiro atoms. The zero-order valence-corrected chi connectivity index (χ0v) is 12.4. The summed E-state index contributed by atoms with van der Waals surface area (Å²) < 4.78 is 1.79. The molecule has 0 aliphatic carbocycles. The second-order valence-electron chi connectivity index (χ2n) is 5.20. The van der Waals surface area contributed by atoms with Gasteiger partial charge < -0.3 is 5.32 Å². The van der Waals surface area contributed by atoms with Gasteiger partial charge in [0.25, 0.3) is 0 Å². The van der Waals surface area contributed by atoms with E-state index in [2.05, 4.69) is 25.8 Å². The Morgan fingerprint density at radius 2 is 2.09 bits per heavy atom. The van der Waals surface area contributed by atoms with E-state index in [9.17, 15) is 0 Å². The molecule has 0 fully saturated rings. The van der Waals surface area contributed by atoms with Gasteiger partial charge in [0.05, 0.1) is 12.1 Å². The van der Waals surface area contributed by atoms with Crippen LogP contribution >= 0.6 is 11.6 Å². The fourth-order valence-corrected chi connectivity index (χ4v) is 3.10. The van der Waals surface area contributed by atoms with Crippen molar-refractivity contribution in [3.8, 4) is 0 Å². The van der Waals surface area contributed by atoms with Crippen LogP contribution in [0.3, 0.4) is 0 Å². The zero-order chi connectivity index (χ0) is 14.9. The van der Waals surface area contributed by atoms with Crippen LogP contribution < -0.4 is 5.32 Å². The summed E-state index contributed by atoms with van der Waals surface area (Å²) in [5.41, 5.74) is 2.13. The molecule has 6 nitrogen and oxygen atoms in total. The summed E-state index contributed by atoms with van der Waals surface area (Å²) in [7, 11) is 0. The van der Waals surface area contributed by atoms with Crippen molar-refractivity contribution in [3.63, 3.8) is 0 Å². The maximum absolute atomic E-state index is 6.37. The summed E-state index contributed by atoms with van der Waals surface area (Å²) in [5, 5.41) is 16.0. The summed E-state index contributed by atoms with van der Waals surface area (Å²) in [6, 6.07) is 11.9. The Balaban J connectivity index is 1.77. The minimum atomic E-state index is -0.00911. The van der Waals surface area contributed by atoms with Crippen LogP contribution in [0.15, 0.2) is 48.8 Å².